The lowest BCUT2D eigenvalue weighted by Crippen LogP contribution is -2.41. The number of benzene rings is 2. The first-order chi connectivity index (χ1) is 13.1. The second-order valence-corrected chi connectivity index (χ2v) is 8.15. The summed E-state index contributed by atoms with van der Waals surface area (Å²) in [4.78, 5) is 25.3. The van der Waals surface area contributed by atoms with Gasteiger partial charge in [0.15, 0.2) is 0 Å². The molecule has 0 saturated carbocycles. The van der Waals surface area contributed by atoms with Gasteiger partial charge in [0.1, 0.15) is 5.82 Å². The normalized spacial score (nSPS) is 11.1. The van der Waals surface area contributed by atoms with Crippen LogP contribution in [0.1, 0.15) is 11.1 Å². The van der Waals surface area contributed by atoms with Crippen LogP contribution in [-0.4, -0.2) is 45.3 Å². The molecule has 0 atom stereocenters. The van der Waals surface area contributed by atoms with Crippen molar-refractivity contribution in [3.63, 3.8) is 0 Å². The van der Waals surface area contributed by atoms with Crippen LogP contribution in [0.25, 0.3) is 0 Å². The molecule has 2 rings (SSSR count). The van der Waals surface area contributed by atoms with Crippen LogP contribution in [-0.2, 0) is 19.6 Å². The highest BCUT2D eigenvalue weighted by Gasteiger charge is 2.19. The highest BCUT2D eigenvalue weighted by Crippen LogP contribution is 2.14. The number of hydrogen-bond donors (Lipinski definition) is 2. The number of hydrogen-bond acceptors (Lipinski definition) is 4. The Morgan fingerprint density at radius 1 is 1.07 bits per heavy atom. The number of amides is 2. The summed E-state index contributed by atoms with van der Waals surface area (Å²) in [5, 5.41) is 2.47. The van der Waals surface area contributed by atoms with Crippen molar-refractivity contribution in [3.05, 3.63) is 59.4 Å². The van der Waals surface area contributed by atoms with E-state index in [4.69, 9.17) is 0 Å². The minimum atomic E-state index is -3.85. The molecule has 0 spiro atoms. The van der Waals surface area contributed by atoms with E-state index in [0.29, 0.717) is 0 Å². The summed E-state index contributed by atoms with van der Waals surface area (Å²) >= 11 is 0. The van der Waals surface area contributed by atoms with Crippen LogP contribution in [0.4, 0.5) is 10.1 Å². The van der Waals surface area contributed by atoms with Gasteiger partial charge >= 0.3 is 0 Å². The van der Waals surface area contributed by atoms with Gasteiger partial charge in [-0.05, 0) is 55.3 Å². The van der Waals surface area contributed by atoms with E-state index in [-0.39, 0.29) is 17.1 Å². The van der Waals surface area contributed by atoms with Gasteiger partial charge < -0.3 is 10.2 Å². The van der Waals surface area contributed by atoms with E-state index in [1.165, 1.54) is 37.4 Å². The van der Waals surface area contributed by atoms with Crippen molar-refractivity contribution < 1.29 is 22.4 Å². The van der Waals surface area contributed by atoms with E-state index in [1.54, 1.807) is 13.0 Å². The molecule has 0 heterocycles. The molecule has 2 amide bonds. The molecular formula is C19H22FN3O4S. The van der Waals surface area contributed by atoms with Crippen LogP contribution in [0, 0.1) is 19.7 Å². The lowest BCUT2D eigenvalue weighted by molar-refractivity contribution is -0.132. The number of nitrogens with zero attached hydrogens (tertiary/aromatic N) is 1. The highest BCUT2D eigenvalue weighted by atomic mass is 32.2. The smallest absolute Gasteiger partial charge is 0.243 e. The van der Waals surface area contributed by atoms with Gasteiger partial charge in [-0.3, -0.25) is 9.59 Å². The molecular weight excluding hydrogens is 385 g/mol. The highest BCUT2D eigenvalue weighted by molar-refractivity contribution is 7.89. The molecule has 2 aromatic rings. The molecule has 0 saturated heterocycles. The zero-order valence-corrected chi connectivity index (χ0v) is 16.6. The molecule has 0 aliphatic carbocycles. The van der Waals surface area contributed by atoms with Crippen molar-refractivity contribution in [2.75, 3.05) is 25.5 Å². The Morgan fingerprint density at radius 3 is 2.43 bits per heavy atom. The van der Waals surface area contributed by atoms with Gasteiger partial charge in [-0.25, -0.2) is 17.5 Å². The third kappa shape index (κ3) is 5.86. The minimum absolute atomic E-state index is 0.0647. The zero-order valence-electron chi connectivity index (χ0n) is 15.8. The van der Waals surface area contributed by atoms with Crippen molar-refractivity contribution in [2.24, 2.45) is 0 Å². The summed E-state index contributed by atoms with van der Waals surface area (Å²) in [7, 11) is -2.48. The van der Waals surface area contributed by atoms with E-state index in [2.05, 4.69) is 10.0 Å². The van der Waals surface area contributed by atoms with Crippen LogP contribution in [0.3, 0.4) is 0 Å². The summed E-state index contributed by atoms with van der Waals surface area (Å²) < 4.78 is 40.0. The molecule has 28 heavy (non-hydrogen) atoms. The average Bonchev–Trinajstić information content (AvgIpc) is 2.61. The van der Waals surface area contributed by atoms with Gasteiger partial charge in [0.2, 0.25) is 21.8 Å². The van der Waals surface area contributed by atoms with E-state index < -0.39 is 34.2 Å². The monoisotopic (exact) mass is 407 g/mol. The summed E-state index contributed by atoms with van der Waals surface area (Å²) in [6, 6.07) is 10.0. The zero-order chi connectivity index (χ0) is 20.9. The van der Waals surface area contributed by atoms with Crippen molar-refractivity contribution in [1.29, 1.82) is 0 Å². The summed E-state index contributed by atoms with van der Waals surface area (Å²) in [6.45, 7) is 2.87. The number of carbonyl (C=O) groups is 2. The minimum Gasteiger partial charge on any atom is -0.335 e. The number of aryl methyl sites for hydroxylation is 2. The van der Waals surface area contributed by atoms with Gasteiger partial charge in [-0.15, -0.1) is 0 Å². The SMILES string of the molecule is Cc1ccc(S(=O)(=O)NCC(=O)N(C)CC(=O)Nc2cccc(F)c2)cc1C. The molecule has 0 unspecified atom stereocenters. The Labute approximate surface area is 163 Å². The predicted molar refractivity (Wildman–Crippen MR) is 104 cm³/mol. The fraction of sp³-hybridized carbons (Fsp3) is 0.263. The Kier molecular flexibility index (Phi) is 6.87. The van der Waals surface area contributed by atoms with Gasteiger partial charge in [0.05, 0.1) is 18.0 Å². The Balaban J connectivity index is 1.90. The van der Waals surface area contributed by atoms with Crippen molar-refractivity contribution in [1.82, 2.24) is 9.62 Å². The number of halogens is 1. The summed E-state index contributed by atoms with van der Waals surface area (Å²) in [5.74, 6) is -1.61. The number of nitrogens with one attached hydrogen (secondary N) is 2. The van der Waals surface area contributed by atoms with Crippen LogP contribution < -0.4 is 10.0 Å². The van der Waals surface area contributed by atoms with Crippen LogP contribution in [0.15, 0.2) is 47.4 Å². The Morgan fingerprint density at radius 2 is 1.79 bits per heavy atom. The van der Waals surface area contributed by atoms with Crippen LogP contribution in [0.2, 0.25) is 0 Å². The van der Waals surface area contributed by atoms with Crippen LogP contribution in [0.5, 0.6) is 0 Å². The summed E-state index contributed by atoms with van der Waals surface area (Å²) in [5.41, 5.74) is 2.04. The fourth-order valence-electron chi connectivity index (χ4n) is 2.33. The van der Waals surface area contributed by atoms with Gasteiger partial charge in [-0.2, -0.15) is 0 Å². The molecule has 7 nitrogen and oxygen atoms in total. The van der Waals surface area contributed by atoms with Gasteiger partial charge in [0, 0.05) is 12.7 Å². The topological polar surface area (TPSA) is 95.6 Å². The lowest BCUT2D eigenvalue weighted by atomic mass is 10.1. The molecule has 0 radical (unpaired) electrons. The molecule has 9 heteroatoms. The molecule has 0 aliphatic rings. The Hall–Kier alpha value is -2.78. The maximum absolute atomic E-state index is 13.1. The second kappa shape index (κ2) is 8.94. The average molecular weight is 407 g/mol. The first-order valence-corrected chi connectivity index (χ1v) is 9.93. The van der Waals surface area contributed by atoms with E-state index in [1.807, 2.05) is 6.92 Å². The van der Waals surface area contributed by atoms with Gasteiger partial charge in [-0.1, -0.05) is 12.1 Å². The van der Waals surface area contributed by atoms with Crippen molar-refractivity contribution in [3.8, 4) is 0 Å². The van der Waals surface area contributed by atoms with E-state index in [0.717, 1.165) is 22.1 Å². The van der Waals surface area contributed by atoms with Crippen LogP contribution >= 0.6 is 0 Å². The molecule has 150 valence electrons. The van der Waals surface area contributed by atoms with Crippen molar-refractivity contribution in [2.45, 2.75) is 18.7 Å². The maximum Gasteiger partial charge on any atom is 0.243 e. The number of carbonyl (C=O) groups excluding carboxylic acids is 2. The van der Waals surface area contributed by atoms with Gasteiger partial charge in [0.25, 0.3) is 0 Å². The molecule has 0 aromatic heterocycles. The number of anilines is 1. The molecule has 0 fully saturated rings. The van der Waals surface area contributed by atoms with E-state index in [9.17, 15) is 22.4 Å². The number of sulfonamides is 1. The molecule has 2 N–H and O–H groups in total. The molecule has 2 aromatic carbocycles. The molecule has 0 bridgehead atoms. The second-order valence-electron chi connectivity index (χ2n) is 6.38. The van der Waals surface area contributed by atoms with Crippen molar-refractivity contribution >= 4 is 27.5 Å². The predicted octanol–water partition coefficient (Wildman–Crippen LogP) is 1.82. The number of rotatable bonds is 7. The first-order valence-electron chi connectivity index (χ1n) is 8.45. The number of likely N-dealkylation sites (N-methyl/N-ethyl adjacent to an activating group) is 1. The quantitative estimate of drug-likeness (QED) is 0.732. The summed E-state index contributed by atoms with van der Waals surface area (Å²) in [6.07, 6.45) is 0. The first kappa shape index (κ1) is 21.5. The third-order valence-corrected chi connectivity index (χ3v) is 5.52. The fourth-order valence-corrected chi connectivity index (χ4v) is 3.39. The standard InChI is InChI=1S/C19H22FN3O4S/c1-13-7-8-17(9-14(13)2)28(26,27)21-11-19(25)23(3)12-18(24)22-16-6-4-5-15(20)10-16/h4-10,21H,11-12H2,1-3H3,(H,22,24). The largest absolute Gasteiger partial charge is 0.335 e. The lowest BCUT2D eigenvalue weighted by Gasteiger charge is -2.17. The molecule has 0 aliphatic heterocycles. The van der Waals surface area contributed by atoms with E-state index >= 15 is 0 Å². The maximum atomic E-state index is 13.1. The third-order valence-electron chi connectivity index (χ3n) is 4.12. The Bertz CT molecular complexity index is 992.